The van der Waals surface area contributed by atoms with Crippen molar-refractivity contribution in [3.05, 3.63) is 35.4 Å². The van der Waals surface area contributed by atoms with Gasteiger partial charge in [-0.2, -0.15) is 0 Å². The van der Waals surface area contributed by atoms with E-state index in [-0.39, 0.29) is 12.1 Å². The van der Waals surface area contributed by atoms with E-state index in [0.29, 0.717) is 11.3 Å². The third-order valence-electron chi connectivity index (χ3n) is 3.45. The maximum atomic E-state index is 11.8. The third kappa shape index (κ3) is 1.56. The van der Waals surface area contributed by atoms with E-state index in [1.165, 1.54) is 0 Å². The zero-order chi connectivity index (χ0) is 13.6. The highest BCUT2D eigenvalue weighted by molar-refractivity contribution is 6.04. The summed E-state index contributed by atoms with van der Waals surface area (Å²) in [6.45, 7) is 1.84. The molecule has 1 heterocycles. The molecule has 0 spiro atoms. The lowest BCUT2D eigenvalue weighted by molar-refractivity contribution is 0.0420. The van der Waals surface area contributed by atoms with Gasteiger partial charge < -0.3 is 14.2 Å². The first kappa shape index (κ1) is 11.8. The van der Waals surface area contributed by atoms with Crippen LogP contribution in [-0.4, -0.2) is 20.2 Å². The Morgan fingerprint density at radius 2 is 2.00 bits per heavy atom. The fourth-order valence-corrected chi connectivity index (χ4v) is 2.64. The number of hydrogen-bond donors (Lipinski definition) is 0. The van der Waals surface area contributed by atoms with Crippen molar-refractivity contribution in [2.45, 2.75) is 13.0 Å². The van der Waals surface area contributed by atoms with Crippen molar-refractivity contribution in [1.29, 1.82) is 0 Å². The summed E-state index contributed by atoms with van der Waals surface area (Å²) in [6.07, 6.45) is -0.299. The minimum atomic E-state index is -0.300. The third-order valence-corrected chi connectivity index (χ3v) is 3.45. The van der Waals surface area contributed by atoms with Crippen LogP contribution in [0.5, 0.6) is 11.5 Å². The average molecular weight is 258 g/mol. The maximum Gasteiger partial charge on any atom is 0.339 e. The number of carbonyl (C=O) groups is 1. The van der Waals surface area contributed by atoms with Crippen molar-refractivity contribution in [3.8, 4) is 11.5 Å². The predicted octanol–water partition coefficient (Wildman–Crippen LogP) is 3.09. The second-order valence-corrected chi connectivity index (χ2v) is 4.48. The smallest absolute Gasteiger partial charge is 0.339 e. The largest absolute Gasteiger partial charge is 0.496 e. The quantitative estimate of drug-likeness (QED) is 0.776. The van der Waals surface area contributed by atoms with Crippen LogP contribution in [-0.2, 0) is 4.74 Å². The summed E-state index contributed by atoms with van der Waals surface area (Å²) < 4.78 is 16.2. The van der Waals surface area contributed by atoms with E-state index < -0.39 is 0 Å². The monoisotopic (exact) mass is 258 g/mol. The van der Waals surface area contributed by atoms with Gasteiger partial charge in [0.1, 0.15) is 17.6 Å². The summed E-state index contributed by atoms with van der Waals surface area (Å²) in [5.74, 6) is 1.08. The molecule has 0 saturated carbocycles. The molecule has 1 aliphatic rings. The molecule has 0 radical (unpaired) electrons. The molecule has 0 saturated heterocycles. The van der Waals surface area contributed by atoms with E-state index in [2.05, 4.69) is 0 Å². The van der Waals surface area contributed by atoms with Crippen LogP contribution in [0.25, 0.3) is 10.8 Å². The number of hydrogen-bond acceptors (Lipinski definition) is 4. The zero-order valence-electron chi connectivity index (χ0n) is 11.0. The van der Waals surface area contributed by atoms with Gasteiger partial charge >= 0.3 is 5.97 Å². The normalized spacial score (nSPS) is 17.2. The molecule has 0 bridgehead atoms. The Kier molecular flexibility index (Phi) is 2.59. The lowest BCUT2D eigenvalue weighted by Gasteiger charge is -2.14. The van der Waals surface area contributed by atoms with Gasteiger partial charge in [-0.05, 0) is 24.4 Å². The Bertz CT molecular complexity index is 675. The highest BCUT2D eigenvalue weighted by Crippen LogP contribution is 2.45. The fourth-order valence-electron chi connectivity index (χ4n) is 2.64. The van der Waals surface area contributed by atoms with Gasteiger partial charge in [0.15, 0.2) is 0 Å². The van der Waals surface area contributed by atoms with Crippen molar-refractivity contribution >= 4 is 16.7 Å². The molecule has 4 heteroatoms. The maximum absolute atomic E-state index is 11.8. The van der Waals surface area contributed by atoms with Gasteiger partial charge in [-0.25, -0.2) is 4.79 Å². The van der Waals surface area contributed by atoms with Crippen molar-refractivity contribution in [1.82, 2.24) is 0 Å². The summed E-state index contributed by atoms with van der Waals surface area (Å²) in [7, 11) is 3.21. The van der Waals surface area contributed by atoms with Gasteiger partial charge in [-0.3, -0.25) is 0 Å². The van der Waals surface area contributed by atoms with Crippen LogP contribution in [0.15, 0.2) is 24.3 Å². The summed E-state index contributed by atoms with van der Waals surface area (Å²) in [5.41, 5.74) is 1.37. The zero-order valence-corrected chi connectivity index (χ0v) is 11.0. The van der Waals surface area contributed by atoms with Crippen molar-refractivity contribution in [2.24, 2.45) is 0 Å². The molecule has 0 amide bonds. The van der Waals surface area contributed by atoms with E-state index >= 15 is 0 Å². The van der Waals surface area contributed by atoms with Gasteiger partial charge in [0.05, 0.1) is 25.2 Å². The molecule has 98 valence electrons. The van der Waals surface area contributed by atoms with Crippen LogP contribution >= 0.6 is 0 Å². The fraction of sp³-hybridized carbons (Fsp3) is 0.267. The minimum Gasteiger partial charge on any atom is -0.496 e. The van der Waals surface area contributed by atoms with Crippen molar-refractivity contribution in [2.75, 3.05) is 14.2 Å². The number of methoxy groups -OCH3 is 2. The number of carbonyl (C=O) groups excluding carboxylic acids is 1. The summed E-state index contributed by atoms with van der Waals surface area (Å²) >= 11 is 0. The molecule has 1 unspecified atom stereocenters. The van der Waals surface area contributed by atoms with Crippen molar-refractivity contribution < 1.29 is 19.0 Å². The first-order valence-electron chi connectivity index (χ1n) is 6.06. The Morgan fingerprint density at radius 1 is 1.21 bits per heavy atom. The molecule has 0 fully saturated rings. The standard InChI is InChI=1S/C15H14O4/c1-8-12-10(15(16)19-8)7-9-5-4-6-11(17-2)13(9)14(12)18-3/h4-8H,1-3H3. The summed E-state index contributed by atoms with van der Waals surface area (Å²) in [6, 6.07) is 7.52. The van der Waals surface area contributed by atoms with E-state index in [1.807, 2.05) is 31.2 Å². The first-order chi connectivity index (χ1) is 9.17. The molecular formula is C15H14O4. The lowest BCUT2D eigenvalue weighted by atomic mass is 9.97. The van der Waals surface area contributed by atoms with Crippen LogP contribution in [0.3, 0.4) is 0 Å². The molecule has 0 N–H and O–H groups in total. The van der Waals surface area contributed by atoms with E-state index in [1.54, 1.807) is 14.2 Å². The summed E-state index contributed by atoms with van der Waals surface area (Å²) in [5, 5.41) is 1.78. The highest BCUT2D eigenvalue weighted by atomic mass is 16.6. The van der Waals surface area contributed by atoms with E-state index in [9.17, 15) is 4.79 Å². The van der Waals surface area contributed by atoms with Gasteiger partial charge in [0.25, 0.3) is 0 Å². The average Bonchev–Trinajstić information content (AvgIpc) is 2.71. The van der Waals surface area contributed by atoms with Crippen LogP contribution < -0.4 is 9.47 Å². The van der Waals surface area contributed by atoms with Crippen molar-refractivity contribution in [3.63, 3.8) is 0 Å². The molecule has 3 rings (SSSR count). The van der Waals surface area contributed by atoms with Gasteiger partial charge in [-0.15, -0.1) is 0 Å². The number of benzene rings is 2. The van der Waals surface area contributed by atoms with Gasteiger partial charge in [0, 0.05) is 5.56 Å². The molecule has 19 heavy (non-hydrogen) atoms. The molecule has 0 aromatic heterocycles. The Labute approximate surface area is 110 Å². The number of fused-ring (bicyclic) bond motifs is 2. The van der Waals surface area contributed by atoms with Gasteiger partial charge in [-0.1, -0.05) is 12.1 Å². The number of ether oxygens (including phenoxy) is 3. The molecule has 2 aromatic carbocycles. The lowest BCUT2D eigenvalue weighted by Crippen LogP contribution is -1.98. The molecule has 2 aromatic rings. The molecule has 1 aliphatic heterocycles. The van der Waals surface area contributed by atoms with E-state index in [0.717, 1.165) is 22.1 Å². The number of rotatable bonds is 2. The van der Waals surface area contributed by atoms with E-state index in [4.69, 9.17) is 14.2 Å². The number of esters is 1. The Balaban J connectivity index is 2.46. The topological polar surface area (TPSA) is 44.8 Å². The van der Waals surface area contributed by atoms with Crippen LogP contribution in [0.4, 0.5) is 0 Å². The second kappa shape index (κ2) is 4.16. The molecule has 4 nitrogen and oxygen atoms in total. The highest BCUT2D eigenvalue weighted by Gasteiger charge is 2.33. The SMILES string of the molecule is COc1cccc2cc3c(c(OC)c12)C(C)OC3=O. The predicted molar refractivity (Wildman–Crippen MR) is 70.9 cm³/mol. The minimum absolute atomic E-state index is 0.299. The summed E-state index contributed by atoms with van der Waals surface area (Å²) in [4.78, 5) is 11.8. The Morgan fingerprint density at radius 3 is 2.68 bits per heavy atom. The number of cyclic esters (lactones) is 1. The molecular weight excluding hydrogens is 244 g/mol. The second-order valence-electron chi connectivity index (χ2n) is 4.48. The Hall–Kier alpha value is -2.23. The van der Waals surface area contributed by atoms with Crippen LogP contribution in [0.2, 0.25) is 0 Å². The van der Waals surface area contributed by atoms with Gasteiger partial charge in [0.2, 0.25) is 0 Å². The molecule has 1 atom stereocenters. The first-order valence-corrected chi connectivity index (χ1v) is 6.06. The van der Waals surface area contributed by atoms with Crippen LogP contribution in [0, 0.1) is 0 Å². The van der Waals surface area contributed by atoms with Crippen LogP contribution in [0.1, 0.15) is 28.9 Å². The molecule has 0 aliphatic carbocycles.